The molecule has 0 unspecified atom stereocenters. The van der Waals surface area contributed by atoms with Gasteiger partial charge in [-0.2, -0.15) is 0 Å². The fourth-order valence-corrected chi connectivity index (χ4v) is 4.59. The molecule has 2 aliphatic rings. The van der Waals surface area contributed by atoms with Gasteiger partial charge in [0.1, 0.15) is 0 Å². The number of ether oxygens (including phenoxy) is 2. The van der Waals surface area contributed by atoms with Crippen molar-refractivity contribution in [3.63, 3.8) is 0 Å². The highest BCUT2D eigenvalue weighted by molar-refractivity contribution is 6.74. The summed E-state index contributed by atoms with van der Waals surface area (Å²) in [6.45, 7) is 15.0. The topological polar surface area (TPSA) is 47.9 Å². The summed E-state index contributed by atoms with van der Waals surface area (Å²) < 4.78 is 18.9. The van der Waals surface area contributed by atoms with Crippen molar-refractivity contribution in [3.8, 4) is 0 Å². The van der Waals surface area contributed by atoms with Crippen LogP contribution in [0.4, 0.5) is 0 Å². The van der Waals surface area contributed by atoms with Crippen molar-refractivity contribution >= 4 is 8.32 Å². The lowest BCUT2D eigenvalue weighted by Gasteiger charge is -2.49. The minimum atomic E-state index is -1.87. The number of aliphatic hydroxyl groups is 1. The van der Waals surface area contributed by atoms with Crippen LogP contribution in [0.15, 0.2) is 0 Å². The Morgan fingerprint density at radius 1 is 1.22 bits per heavy atom. The van der Waals surface area contributed by atoms with Crippen molar-refractivity contribution in [1.29, 1.82) is 0 Å². The average molecular weight is 345 g/mol. The Kier molecular flexibility index (Phi) is 6.00. The Bertz CT molecular complexity index is 377. The molecule has 1 N–H and O–H groups in total. The molecule has 5 heteroatoms. The Hall–Kier alpha value is 0.0569. The Morgan fingerprint density at radius 2 is 1.87 bits per heavy atom. The molecule has 4 atom stereocenters. The smallest absolute Gasteiger partial charge is 0.192 e. The second-order valence-corrected chi connectivity index (χ2v) is 13.7. The van der Waals surface area contributed by atoms with E-state index in [0.29, 0.717) is 12.5 Å². The molecule has 0 aromatic heterocycles. The molecule has 23 heavy (non-hydrogen) atoms. The first-order chi connectivity index (χ1) is 10.6. The summed E-state index contributed by atoms with van der Waals surface area (Å²) >= 11 is 0. The van der Waals surface area contributed by atoms with Gasteiger partial charge in [-0.1, -0.05) is 34.1 Å². The second-order valence-electron chi connectivity index (χ2n) is 8.91. The summed E-state index contributed by atoms with van der Waals surface area (Å²) in [5.41, 5.74) is 0. The van der Waals surface area contributed by atoms with Gasteiger partial charge in [-0.05, 0) is 30.5 Å². The highest BCUT2D eigenvalue weighted by atomic mass is 28.4. The third-order valence-electron chi connectivity index (χ3n) is 6.18. The summed E-state index contributed by atoms with van der Waals surface area (Å²) in [6.07, 6.45) is 4.06. The zero-order valence-corrected chi connectivity index (χ0v) is 16.9. The highest BCUT2D eigenvalue weighted by Gasteiger charge is 2.48. The third-order valence-corrected chi connectivity index (χ3v) is 10.7. The van der Waals surface area contributed by atoms with E-state index in [1.807, 2.05) is 0 Å². The van der Waals surface area contributed by atoms with Gasteiger partial charge in [0.05, 0.1) is 25.9 Å². The first kappa shape index (κ1) is 19.4. The zero-order chi connectivity index (χ0) is 17.3. The van der Waals surface area contributed by atoms with Gasteiger partial charge >= 0.3 is 0 Å². The van der Waals surface area contributed by atoms with Gasteiger partial charge in [0.2, 0.25) is 0 Å². The maximum absolute atomic E-state index is 9.74. The van der Waals surface area contributed by atoms with E-state index in [1.54, 1.807) is 0 Å². The standard InChI is InChI=1S/C18H36O4Si/c1-7-14-8-9-18(20-12-14)10-16(15(11-19)13-21-18)22-23(5,6)17(2,3)4/h14-16,19H,7-13H2,1-6H3/t14-,15-,16+,18-/m1/s1. The van der Waals surface area contributed by atoms with Crippen LogP contribution in [0.1, 0.15) is 53.4 Å². The van der Waals surface area contributed by atoms with E-state index < -0.39 is 14.1 Å². The lowest BCUT2D eigenvalue weighted by molar-refractivity contribution is -0.305. The van der Waals surface area contributed by atoms with E-state index >= 15 is 0 Å². The second kappa shape index (κ2) is 7.12. The molecule has 0 aromatic carbocycles. The molecular weight excluding hydrogens is 308 g/mol. The van der Waals surface area contributed by atoms with Crippen LogP contribution >= 0.6 is 0 Å². The molecular formula is C18H36O4Si. The molecule has 0 radical (unpaired) electrons. The Morgan fingerprint density at radius 3 is 2.35 bits per heavy atom. The quantitative estimate of drug-likeness (QED) is 0.785. The van der Waals surface area contributed by atoms with E-state index in [4.69, 9.17) is 13.9 Å². The van der Waals surface area contributed by atoms with Crippen molar-refractivity contribution < 1.29 is 19.0 Å². The average Bonchev–Trinajstić information content (AvgIpc) is 2.47. The molecule has 0 amide bonds. The van der Waals surface area contributed by atoms with Gasteiger partial charge in [-0.15, -0.1) is 0 Å². The number of rotatable bonds is 4. The fourth-order valence-electron chi connectivity index (χ4n) is 3.21. The van der Waals surface area contributed by atoms with E-state index in [-0.39, 0.29) is 23.7 Å². The number of aliphatic hydroxyl groups excluding tert-OH is 1. The van der Waals surface area contributed by atoms with Crippen molar-refractivity contribution in [3.05, 3.63) is 0 Å². The van der Waals surface area contributed by atoms with Crippen molar-refractivity contribution in [2.75, 3.05) is 19.8 Å². The lowest BCUT2D eigenvalue weighted by Crippen LogP contribution is -2.56. The van der Waals surface area contributed by atoms with Crippen molar-refractivity contribution in [2.24, 2.45) is 11.8 Å². The Balaban J connectivity index is 2.07. The van der Waals surface area contributed by atoms with E-state index in [9.17, 15) is 5.11 Å². The molecule has 2 fully saturated rings. The molecule has 136 valence electrons. The van der Waals surface area contributed by atoms with E-state index in [0.717, 1.165) is 25.9 Å². The molecule has 2 heterocycles. The van der Waals surface area contributed by atoms with Gasteiger partial charge in [0, 0.05) is 18.8 Å². The predicted octanol–water partition coefficient (Wildman–Crippen LogP) is 3.94. The Labute approximate surface area is 143 Å². The van der Waals surface area contributed by atoms with Crippen molar-refractivity contribution in [1.82, 2.24) is 0 Å². The van der Waals surface area contributed by atoms with Crippen LogP contribution in [0, 0.1) is 11.8 Å². The molecule has 0 bridgehead atoms. The van der Waals surface area contributed by atoms with Crippen molar-refractivity contribution in [2.45, 2.75) is 83.4 Å². The van der Waals surface area contributed by atoms with Crippen LogP contribution in [0.3, 0.4) is 0 Å². The first-order valence-electron chi connectivity index (χ1n) is 9.19. The summed E-state index contributed by atoms with van der Waals surface area (Å²) in [5, 5.41) is 9.91. The van der Waals surface area contributed by atoms with Crippen LogP contribution in [-0.2, 0) is 13.9 Å². The first-order valence-corrected chi connectivity index (χ1v) is 12.1. The molecule has 0 saturated carbocycles. The van der Waals surface area contributed by atoms with Crippen LogP contribution in [0.2, 0.25) is 18.1 Å². The summed E-state index contributed by atoms with van der Waals surface area (Å²) in [5.74, 6) is 0.228. The molecule has 0 aromatic rings. The molecule has 1 spiro atoms. The molecule has 2 aliphatic heterocycles. The van der Waals surface area contributed by atoms with Crippen LogP contribution < -0.4 is 0 Å². The predicted molar refractivity (Wildman–Crippen MR) is 94.9 cm³/mol. The van der Waals surface area contributed by atoms with Crippen LogP contribution in [-0.4, -0.2) is 45.1 Å². The maximum Gasteiger partial charge on any atom is 0.192 e. The SMILES string of the molecule is CC[C@@H]1CC[C@@]2(C[C@H](O[Si](C)(C)C(C)(C)C)[C@H](CO)CO2)OC1. The number of hydrogen-bond donors (Lipinski definition) is 1. The molecule has 2 saturated heterocycles. The summed E-state index contributed by atoms with van der Waals surface area (Å²) in [7, 11) is -1.87. The van der Waals surface area contributed by atoms with Gasteiger partial charge < -0.3 is 19.0 Å². The van der Waals surface area contributed by atoms with Crippen LogP contribution in [0.25, 0.3) is 0 Å². The van der Waals surface area contributed by atoms with Gasteiger partial charge in [-0.25, -0.2) is 0 Å². The largest absolute Gasteiger partial charge is 0.413 e. The normalized spacial score (nSPS) is 36.4. The third kappa shape index (κ3) is 4.37. The minimum Gasteiger partial charge on any atom is -0.413 e. The fraction of sp³-hybridized carbons (Fsp3) is 1.00. The maximum atomic E-state index is 9.74. The van der Waals surface area contributed by atoms with Gasteiger partial charge in [0.25, 0.3) is 0 Å². The minimum absolute atomic E-state index is 0.0350. The number of hydrogen-bond acceptors (Lipinski definition) is 4. The summed E-state index contributed by atoms with van der Waals surface area (Å²) in [6, 6.07) is 0. The molecule has 0 aliphatic carbocycles. The molecule has 4 nitrogen and oxygen atoms in total. The highest BCUT2D eigenvalue weighted by Crippen LogP contribution is 2.43. The van der Waals surface area contributed by atoms with Gasteiger partial charge in [0.15, 0.2) is 14.1 Å². The van der Waals surface area contributed by atoms with Crippen LogP contribution in [0.5, 0.6) is 0 Å². The lowest BCUT2D eigenvalue weighted by atomic mass is 9.86. The monoisotopic (exact) mass is 344 g/mol. The molecule has 2 rings (SSSR count). The van der Waals surface area contributed by atoms with Gasteiger partial charge in [-0.3, -0.25) is 0 Å². The zero-order valence-electron chi connectivity index (χ0n) is 15.9. The van der Waals surface area contributed by atoms with E-state index in [2.05, 4.69) is 40.8 Å². The summed E-state index contributed by atoms with van der Waals surface area (Å²) in [4.78, 5) is 0. The van der Waals surface area contributed by atoms with E-state index in [1.165, 1.54) is 6.42 Å².